The largest absolute Gasteiger partial charge is 0.397 e. The quantitative estimate of drug-likeness (QED) is 0.602. The van der Waals surface area contributed by atoms with Gasteiger partial charge >= 0.3 is 0 Å². The number of hydrogen-bond acceptors (Lipinski definition) is 1. The molecule has 1 heterocycles. The highest BCUT2D eigenvalue weighted by Gasteiger charge is 2.05. The molecule has 0 saturated carbocycles. The summed E-state index contributed by atoms with van der Waals surface area (Å²) < 4.78 is 0. The van der Waals surface area contributed by atoms with Crippen molar-refractivity contribution in [3.8, 4) is 0 Å². The predicted molar refractivity (Wildman–Crippen MR) is 52.5 cm³/mol. The van der Waals surface area contributed by atoms with E-state index in [1.807, 2.05) is 19.2 Å². The first-order valence-corrected chi connectivity index (χ1v) is 4.09. The highest BCUT2D eigenvalue weighted by atomic mass is 35.5. The summed E-state index contributed by atoms with van der Waals surface area (Å²) >= 11 is 5.96. The molecular weight excluding hydrogens is 172 g/mol. The maximum Gasteiger partial charge on any atom is 0.0691 e. The number of rotatable bonds is 0. The third kappa shape index (κ3) is 0.883. The number of anilines is 1. The minimum absolute atomic E-state index is 0.700. The van der Waals surface area contributed by atoms with Crippen molar-refractivity contribution in [2.75, 3.05) is 5.73 Å². The third-order valence-electron chi connectivity index (χ3n) is 2.08. The summed E-state index contributed by atoms with van der Waals surface area (Å²) in [5.41, 5.74) is 8.50. The monoisotopic (exact) mass is 180 g/mol. The summed E-state index contributed by atoms with van der Waals surface area (Å²) in [6.45, 7) is 1.98. The number of fused-ring (bicyclic) bond motifs is 1. The topological polar surface area (TPSA) is 41.8 Å². The van der Waals surface area contributed by atoms with Crippen molar-refractivity contribution in [3.05, 3.63) is 28.9 Å². The van der Waals surface area contributed by atoms with Gasteiger partial charge in [-0.25, -0.2) is 0 Å². The molecule has 0 aliphatic rings. The number of nitrogens with two attached hydrogens (primary N) is 1. The van der Waals surface area contributed by atoms with E-state index >= 15 is 0 Å². The molecule has 0 bridgehead atoms. The van der Waals surface area contributed by atoms with Crippen LogP contribution in [-0.4, -0.2) is 4.98 Å². The lowest BCUT2D eigenvalue weighted by atomic mass is 10.1. The zero-order valence-electron chi connectivity index (χ0n) is 6.69. The molecule has 0 atom stereocenters. The van der Waals surface area contributed by atoms with Gasteiger partial charge in [0.1, 0.15) is 0 Å². The van der Waals surface area contributed by atoms with Crippen molar-refractivity contribution in [2.24, 2.45) is 0 Å². The molecule has 0 fully saturated rings. The van der Waals surface area contributed by atoms with Crippen LogP contribution < -0.4 is 5.73 Å². The van der Waals surface area contributed by atoms with Gasteiger partial charge in [-0.2, -0.15) is 0 Å². The van der Waals surface area contributed by atoms with Crippen molar-refractivity contribution >= 4 is 28.2 Å². The summed E-state index contributed by atoms with van der Waals surface area (Å²) in [6, 6.07) is 3.75. The molecule has 3 N–H and O–H groups in total. The molecule has 0 radical (unpaired) electrons. The van der Waals surface area contributed by atoms with Crippen LogP contribution in [0.5, 0.6) is 0 Å². The summed E-state index contributed by atoms with van der Waals surface area (Å²) in [5, 5.41) is 1.82. The third-order valence-corrected chi connectivity index (χ3v) is 2.47. The van der Waals surface area contributed by atoms with Gasteiger partial charge in [0, 0.05) is 16.6 Å². The minimum Gasteiger partial charge on any atom is -0.397 e. The van der Waals surface area contributed by atoms with E-state index in [0.717, 1.165) is 21.5 Å². The molecule has 1 aromatic heterocycles. The lowest BCUT2D eigenvalue weighted by Crippen LogP contribution is -1.88. The fraction of sp³-hybridized carbons (Fsp3) is 0.111. The number of aromatic nitrogens is 1. The molecular formula is C9H9ClN2. The second-order valence-corrected chi connectivity index (χ2v) is 3.25. The Morgan fingerprint density at radius 2 is 2.25 bits per heavy atom. The SMILES string of the molecule is Cc1c(Cl)cc(N)c2[nH]ccc12. The average molecular weight is 181 g/mol. The smallest absolute Gasteiger partial charge is 0.0691 e. The fourth-order valence-electron chi connectivity index (χ4n) is 1.37. The van der Waals surface area contributed by atoms with Gasteiger partial charge in [-0.1, -0.05) is 11.6 Å². The molecule has 0 spiro atoms. The molecule has 3 heteroatoms. The van der Waals surface area contributed by atoms with Crippen molar-refractivity contribution in [2.45, 2.75) is 6.92 Å². The van der Waals surface area contributed by atoms with E-state index in [-0.39, 0.29) is 0 Å². The summed E-state index contributed by atoms with van der Waals surface area (Å²) in [6.07, 6.45) is 1.87. The van der Waals surface area contributed by atoms with Crippen LogP contribution in [0.4, 0.5) is 5.69 Å². The van der Waals surface area contributed by atoms with Crippen molar-refractivity contribution < 1.29 is 0 Å². The second kappa shape index (κ2) is 2.42. The first-order valence-electron chi connectivity index (χ1n) is 3.72. The number of aromatic amines is 1. The van der Waals surface area contributed by atoms with E-state index in [1.54, 1.807) is 6.07 Å². The van der Waals surface area contributed by atoms with Crippen molar-refractivity contribution in [3.63, 3.8) is 0 Å². The maximum absolute atomic E-state index is 5.96. The molecule has 0 amide bonds. The summed E-state index contributed by atoms with van der Waals surface area (Å²) in [7, 11) is 0. The van der Waals surface area contributed by atoms with E-state index in [0.29, 0.717) is 5.69 Å². The van der Waals surface area contributed by atoms with Gasteiger partial charge in [-0.05, 0) is 24.6 Å². The highest BCUT2D eigenvalue weighted by molar-refractivity contribution is 6.32. The number of H-pyrrole nitrogens is 1. The lowest BCUT2D eigenvalue weighted by Gasteiger charge is -2.02. The number of nitrogens with one attached hydrogen (secondary N) is 1. The summed E-state index contributed by atoms with van der Waals surface area (Å²) in [5.74, 6) is 0. The van der Waals surface area contributed by atoms with Crippen molar-refractivity contribution in [1.82, 2.24) is 4.98 Å². The minimum atomic E-state index is 0.700. The number of benzene rings is 1. The van der Waals surface area contributed by atoms with Gasteiger partial charge < -0.3 is 10.7 Å². The van der Waals surface area contributed by atoms with Crippen LogP contribution in [0.25, 0.3) is 10.9 Å². The van der Waals surface area contributed by atoms with E-state index < -0.39 is 0 Å². The molecule has 2 rings (SSSR count). The highest BCUT2D eigenvalue weighted by Crippen LogP contribution is 2.29. The molecule has 12 heavy (non-hydrogen) atoms. The standard InChI is InChI=1S/C9H9ClN2/c1-5-6-2-3-12-9(6)8(11)4-7(5)10/h2-4,12H,11H2,1H3. The van der Waals surface area contributed by atoms with Crippen LogP contribution in [0, 0.1) is 6.92 Å². The molecule has 62 valence electrons. The lowest BCUT2D eigenvalue weighted by molar-refractivity contribution is 1.47. The molecule has 0 saturated heterocycles. The average Bonchev–Trinajstić information content (AvgIpc) is 2.48. The molecule has 2 aromatic rings. The first-order chi connectivity index (χ1) is 5.70. The molecule has 1 aromatic carbocycles. The van der Waals surface area contributed by atoms with Crippen LogP contribution in [-0.2, 0) is 0 Å². The number of aryl methyl sites for hydroxylation is 1. The van der Waals surface area contributed by atoms with Gasteiger partial charge in [0.2, 0.25) is 0 Å². The Hall–Kier alpha value is -1.15. The normalized spacial score (nSPS) is 10.8. The van der Waals surface area contributed by atoms with E-state index in [9.17, 15) is 0 Å². The first kappa shape index (κ1) is 7.50. The van der Waals surface area contributed by atoms with Crippen LogP contribution in [0.3, 0.4) is 0 Å². The molecule has 0 aliphatic carbocycles. The molecule has 2 nitrogen and oxygen atoms in total. The van der Waals surface area contributed by atoms with E-state index in [1.165, 1.54) is 0 Å². The Morgan fingerprint density at radius 3 is 3.00 bits per heavy atom. The van der Waals surface area contributed by atoms with E-state index in [4.69, 9.17) is 17.3 Å². The molecule has 0 aliphatic heterocycles. The van der Waals surface area contributed by atoms with Crippen LogP contribution in [0.2, 0.25) is 5.02 Å². The van der Waals surface area contributed by atoms with Crippen LogP contribution in [0.1, 0.15) is 5.56 Å². The van der Waals surface area contributed by atoms with Crippen LogP contribution in [0.15, 0.2) is 18.3 Å². The predicted octanol–water partition coefficient (Wildman–Crippen LogP) is 2.71. The van der Waals surface area contributed by atoms with Gasteiger partial charge in [0.25, 0.3) is 0 Å². The van der Waals surface area contributed by atoms with Crippen LogP contribution >= 0.6 is 11.6 Å². The Morgan fingerprint density at radius 1 is 1.50 bits per heavy atom. The van der Waals surface area contributed by atoms with Crippen molar-refractivity contribution in [1.29, 1.82) is 0 Å². The van der Waals surface area contributed by atoms with Gasteiger partial charge in [0.05, 0.1) is 11.2 Å². The van der Waals surface area contributed by atoms with Gasteiger partial charge in [-0.15, -0.1) is 0 Å². The van der Waals surface area contributed by atoms with Gasteiger partial charge in [-0.3, -0.25) is 0 Å². The summed E-state index contributed by atoms with van der Waals surface area (Å²) in [4.78, 5) is 3.07. The zero-order valence-corrected chi connectivity index (χ0v) is 7.44. The Labute approximate surface area is 75.3 Å². The Balaban J connectivity index is 2.97. The Bertz CT molecular complexity index is 431. The number of halogens is 1. The number of hydrogen-bond donors (Lipinski definition) is 2. The van der Waals surface area contributed by atoms with Gasteiger partial charge in [0.15, 0.2) is 0 Å². The Kier molecular flexibility index (Phi) is 1.51. The number of nitrogen functional groups attached to an aromatic ring is 1. The maximum atomic E-state index is 5.96. The van der Waals surface area contributed by atoms with E-state index in [2.05, 4.69) is 4.98 Å². The fourth-order valence-corrected chi connectivity index (χ4v) is 1.59. The second-order valence-electron chi connectivity index (χ2n) is 2.84. The molecule has 0 unspecified atom stereocenters. The zero-order chi connectivity index (χ0) is 8.72.